The van der Waals surface area contributed by atoms with Crippen molar-refractivity contribution in [3.05, 3.63) is 29.5 Å². The average Bonchev–Trinajstić information content (AvgIpc) is 3.23. The third kappa shape index (κ3) is 3.26. The quantitative estimate of drug-likeness (QED) is 0.691. The van der Waals surface area contributed by atoms with E-state index in [-0.39, 0.29) is 11.2 Å². The van der Waals surface area contributed by atoms with Gasteiger partial charge in [-0.05, 0) is 33.8 Å². The Balaban J connectivity index is 1.74. The van der Waals surface area contributed by atoms with E-state index >= 15 is 0 Å². The van der Waals surface area contributed by atoms with Crippen molar-refractivity contribution in [1.29, 1.82) is 0 Å². The van der Waals surface area contributed by atoms with E-state index in [1.54, 1.807) is 10.9 Å². The molecule has 9 heteroatoms. The van der Waals surface area contributed by atoms with Gasteiger partial charge in [-0.2, -0.15) is 5.10 Å². The molecule has 0 aliphatic heterocycles. The lowest BCUT2D eigenvalue weighted by atomic mass is 10.2. The molecule has 3 heterocycles. The molecular weight excluding hydrogens is 352 g/mol. The predicted octanol–water partition coefficient (Wildman–Crippen LogP) is 2.85. The van der Waals surface area contributed by atoms with Gasteiger partial charge in [-0.3, -0.25) is 9.48 Å². The van der Waals surface area contributed by atoms with E-state index in [2.05, 4.69) is 20.6 Å². The van der Waals surface area contributed by atoms with Crippen LogP contribution in [0, 0.1) is 20.8 Å². The van der Waals surface area contributed by atoms with Crippen LogP contribution >= 0.6 is 11.8 Å². The summed E-state index contributed by atoms with van der Waals surface area (Å²) in [5, 5.41) is 16.1. The maximum atomic E-state index is 12.6. The Labute approximate surface area is 156 Å². The molecular formula is C17H22N6O2S. The van der Waals surface area contributed by atoms with Gasteiger partial charge in [0.05, 0.1) is 34.2 Å². The van der Waals surface area contributed by atoms with Crippen molar-refractivity contribution < 1.29 is 9.21 Å². The number of carbonyl (C=O) groups is 1. The lowest BCUT2D eigenvalue weighted by Gasteiger charge is -2.12. The number of thioether (sulfide) groups is 1. The summed E-state index contributed by atoms with van der Waals surface area (Å²) in [5.74, 6) is 1.40. The molecule has 0 bridgehead atoms. The minimum Gasteiger partial charge on any atom is -0.469 e. The maximum Gasteiger partial charge on any atom is 0.237 e. The Morgan fingerprint density at radius 1 is 1.27 bits per heavy atom. The number of furan rings is 1. The van der Waals surface area contributed by atoms with Crippen LogP contribution in [0.25, 0.3) is 11.4 Å². The zero-order chi connectivity index (χ0) is 19.0. The normalized spacial score (nSPS) is 12.4. The topological polar surface area (TPSA) is 90.8 Å². The van der Waals surface area contributed by atoms with Gasteiger partial charge in [-0.25, -0.2) is 0 Å². The van der Waals surface area contributed by atoms with Gasteiger partial charge in [0.25, 0.3) is 0 Å². The molecule has 26 heavy (non-hydrogen) atoms. The molecule has 1 unspecified atom stereocenters. The fourth-order valence-electron chi connectivity index (χ4n) is 2.66. The number of aryl methyl sites for hydroxylation is 3. The van der Waals surface area contributed by atoms with Crippen LogP contribution < -0.4 is 5.32 Å². The van der Waals surface area contributed by atoms with Crippen molar-refractivity contribution in [2.75, 3.05) is 5.32 Å². The Morgan fingerprint density at radius 3 is 2.58 bits per heavy atom. The van der Waals surface area contributed by atoms with E-state index in [0.29, 0.717) is 11.0 Å². The SMILES string of the molecule is Cc1nn(C)c(C)c1NC(=O)C(C)Sc1nnc(-c2ccoc2C)n1C. The first-order valence-corrected chi connectivity index (χ1v) is 9.09. The molecule has 0 aliphatic carbocycles. The molecule has 138 valence electrons. The monoisotopic (exact) mass is 374 g/mol. The molecule has 0 aromatic carbocycles. The number of amides is 1. The highest BCUT2D eigenvalue weighted by molar-refractivity contribution is 8.00. The fourth-order valence-corrected chi connectivity index (χ4v) is 3.47. The summed E-state index contributed by atoms with van der Waals surface area (Å²) in [6, 6.07) is 1.86. The molecule has 3 aromatic rings. The molecule has 1 atom stereocenters. The number of hydrogen-bond acceptors (Lipinski definition) is 6. The van der Waals surface area contributed by atoms with Gasteiger partial charge in [-0.1, -0.05) is 11.8 Å². The lowest BCUT2D eigenvalue weighted by Crippen LogP contribution is -2.23. The Kier molecular flexibility index (Phi) is 4.90. The standard InChI is InChI=1S/C17H22N6O2S/c1-9-14(10(2)23(6)21-9)18-16(24)12(4)26-17-20-19-15(22(17)5)13-7-8-25-11(13)3/h7-8,12H,1-6H3,(H,18,24). The van der Waals surface area contributed by atoms with Crippen molar-refractivity contribution in [3.8, 4) is 11.4 Å². The Hall–Kier alpha value is -2.55. The molecule has 0 fully saturated rings. The van der Waals surface area contributed by atoms with Crippen molar-refractivity contribution >= 4 is 23.4 Å². The summed E-state index contributed by atoms with van der Waals surface area (Å²) >= 11 is 1.36. The smallest absolute Gasteiger partial charge is 0.237 e. The highest BCUT2D eigenvalue weighted by Crippen LogP contribution is 2.28. The largest absolute Gasteiger partial charge is 0.469 e. The molecule has 8 nitrogen and oxygen atoms in total. The summed E-state index contributed by atoms with van der Waals surface area (Å²) in [6.45, 7) is 7.53. The summed E-state index contributed by atoms with van der Waals surface area (Å²) < 4.78 is 8.96. The van der Waals surface area contributed by atoms with Crippen LogP contribution in [0.5, 0.6) is 0 Å². The Morgan fingerprint density at radius 2 is 2.00 bits per heavy atom. The molecule has 0 aliphatic rings. The number of anilines is 1. The molecule has 0 saturated heterocycles. The number of nitrogens with one attached hydrogen (secondary N) is 1. The van der Waals surface area contributed by atoms with Crippen molar-refractivity contribution in [1.82, 2.24) is 24.5 Å². The molecule has 3 rings (SSSR count). The molecule has 1 amide bonds. The van der Waals surface area contributed by atoms with Gasteiger partial charge in [-0.15, -0.1) is 10.2 Å². The van der Waals surface area contributed by atoms with E-state index < -0.39 is 0 Å². The van der Waals surface area contributed by atoms with E-state index in [4.69, 9.17) is 4.42 Å². The van der Waals surface area contributed by atoms with Gasteiger partial charge in [0.15, 0.2) is 11.0 Å². The fraction of sp³-hybridized carbons (Fsp3) is 0.412. The second kappa shape index (κ2) is 6.99. The van der Waals surface area contributed by atoms with Gasteiger partial charge >= 0.3 is 0 Å². The summed E-state index contributed by atoms with van der Waals surface area (Å²) in [5.41, 5.74) is 3.37. The van der Waals surface area contributed by atoms with E-state index in [1.165, 1.54) is 11.8 Å². The van der Waals surface area contributed by atoms with Crippen molar-refractivity contribution in [2.24, 2.45) is 14.1 Å². The second-order valence-corrected chi connectivity index (χ2v) is 7.48. The summed E-state index contributed by atoms with van der Waals surface area (Å²) in [4.78, 5) is 12.6. The number of hydrogen-bond donors (Lipinski definition) is 1. The van der Waals surface area contributed by atoms with Gasteiger partial charge in [0.2, 0.25) is 5.91 Å². The van der Waals surface area contributed by atoms with Crippen LogP contribution in [0.4, 0.5) is 5.69 Å². The number of carbonyl (C=O) groups excluding carboxylic acids is 1. The van der Waals surface area contributed by atoms with E-state index in [0.717, 1.165) is 28.4 Å². The van der Waals surface area contributed by atoms with Crippen LogP contribution in [0.2, 0.25) is 0 Å². The van der Waals surface area contributed by atoms with Gasteiger partial charge < -0.3 is 14.3 Å². The molecule has 0 radical (unpaired) electrons. The van der Waals surface area contributed by atoms with Gasteiger partial charge in [0.1, 0.15) is 5.76 Å². The lowest BCUT2D eigenvalue weighted by molar-refractivity contribution is -0.115. The number of aromatic nitrogens is 5. The summed E-state index contributed by atoms with van der Waals surface area (Å²) in [7, 11) is 3.74. The predicted molar refractivity (Wildman–Crippen MR) is 100 cm³/mol. The van der Waals surface area contributed by atoms with E-state index in [1.807, 2.05) is 52.4 Å². The van der Waals surface area contributed by atoms with Gasteiger partial charge in [0, 0.05) is 14.1 Å². The minimum absolute atomic E-state index is 0.0989. The number of rotatable bonds is 5. The second-order valence-electron chi connectivity index (χ2n) is 6.17. The first-order chi connectivity index (χ1) is 12.3. The third-order valence-electron chi connectivity index (χ3n) is 4.34. The number of nitrogens with zero attached hydrogens (tertiary/aromatic N) is 5. The van der Waals surface area contributed by atoms with E-state index in [9.17, 15) is 4.79 Å². The molecule has 3 aromatic heterocycles. The van der Waals surface area contributed by atoms with Crippen molar-refractivity contribution in [2.45, 2.75) is 38.1 Å². The zero-order valence-corrected chi connectivity index (χ0v) is 16.5. The highest BCUT2D eigenvalue weighted by Gasteiger charge is 2.22. The molecule has 1 N–H and O–H groups in total. The van der Waals surface area contributed by atoms with Crippen LogP contribution in [-0.2, 0) is 18.9 Å². The highest BCUT2D eigenvalue weighted by atomic mass is 32.2. The Bertz CT molecular complexity index is 955. The molecule has 0 saturated carbocycles. The van der Waals surface area contributed by atoms with Crippen molar-refractivity contribution in [3.63, 3.8) is 0 Å². The first-order valence-electron chi connectivity index (χ1n) is 8.21. The first kappa shape index (κ1) is 18.2. The van der Waals surface area contributed by atoms with Crippen LogP contribution in [0.1, 0.15) is 24.1 Å². The maximum absolute atomic E-state index is 12.6. The minimum atomic E-state index is -0.338. The van der Waals surface area contributed by atoms with Crippen LogP contribution in [0.15, 0.2) is 21.9 Å². The zero-order valence-electron chi connectivity index (χ0n) is 15.7. The van der Waals surface area contributed by atoms with Crippen LogP contribution in [-0.4, -0.2) is 35.7 Å². The summed E-state index contributed by atoms with van der Waals surface area (Å²) in [6.07, 6.45) is 1.63. The average molecular weight is 374 g/mol. The third-order valence-corrected chi connectivity index (χ3v) is 5.48. The molecule has 0 spiro atoms. The van der Waals surface area contributed by atoms with Crippen LogP contribution in [0.3, 0.4) is 0 Å².